The van der Waals surface area contributed by atoms with Crippen LogP contribution in [0.25, 0.3) is 10.6 Å². The molecule has 150 valence electrons. The number of hydrazone groups is 1. The number of hydrogen-bond acceptors (Lipinski definition) is 8. The second-order valence-corrected chi connectivity index (χ2v) is 8.04. The summed E-state index contributed by atoms with van der Waals surface area (Å²) in [4.78, 5) is 30.5. The SMILES string of the molecule is N/N=C(\C=NC1CC(=O)N(C2CC2)C1)C(=O)NCc1nnc(-c2ccccc2)s1. The third kappa shape index (κ3) is 4.65. The van der Waals surface area contributed by atoms with Crippen LogP contribution in [0.5, 0.6) is 0 Å². The van der Waals surface area contributed by atoms with Gasteiger partial charge in [0.1, 0.15) is 10.0 Å². The van der Waals surface area contributed by atoms with E-state index in [1.807, 2.05) is 35.2 Å². The van der Waals surface area contributed by atoms with E-state index in [4.69, 9.17) is 5.84 Å². The number of carbonyl (C=O) groups is 2. The zero-order chi connectivity index (χ0) is 20.2. The van der Waals surface area contributed by atoms with Gasteiger partial charge >= 0.3 is 0 Å². The molecule has 0 bridgehead atoms. The van der Waals surface area contributed by atoms with Crippen molar-refractivity contribution in [3.63, 3.8) is 0 Å². The first-order valence-electron chi connectivity index (χ1n) is 9.40. The maximum atomic E-state index is 12.3. The van der Waals surface area contributed by atoms with Gasteiger partial charge < -0.3 is 16.1 Å². The van der Waals surface area contributed by atoms with Gasteiger partial charge in [-0.1, -0.05) is 41.7 Å². The third-order valence-electron chi connectivity index (χ3n) is 4.79. The molecule has 1 saturated heterocycles. The molecule has 2 aromatic rings. The minimum absolute atomic E-state index is 0.00937. The minimum Gasteiger partial charge on any atom is -0.344 e. The highest BCUT2D eigenvalue weighted by molar-refractivity contribution is 7.14. The molecule has 1 aromatic heterocycles. The Morgan fingerprint density at radius 3 is 2.83 bits per heavy atom. The van der Waals surface area contributed by atoms with E-state index in [-0.39, 0.29) is 24.2 Å². The number of amides is 2. The van der Waals surface area contributed by atoms with Gasteiger partial charge in [0.15, 0.2) is 5.71 Å². The number of likely N-dealkylation sites (tertiary alicyclic amines) is 1. The molecule has 0 radical (unpaired) electrons. The van der Waals surface area contributed by atoms with Gasteiger partial charge in [-0.25, -0.2) is 0 Å². The monoisotopic (exact) mass is 411 g/mol. The third-order valence-corrected chi connectivity index (χ3v) is 5.77. The number of aromatic nitrogens is 2. The Kier molecular flexibility index (Phi) is 5.61. The van der Waals surface area contributed by atoms with E-state index < -0.39 is 5.91 Å². The Labute approximate surface area is 171 Å². The van der Waals surface area contributed by atoms with E-state index in [0.717, 1.165) is 23.4 Å². The summed E-state index contributed by atoms with van der Waals surface area (Å²) in [6.07, 6.45) is 3.84. The van der Waals surface area contributed by atoms with Gasteiger partial charge in [-0.05, 0) is 12.8 Å². The molecular formula is C19H21N7O2S. The molecule has 1 atom stereocenters. The Morgan fingerprint density at radius 2 is 2.10 bits per heavy atom. The summed E-state index contributed by atoms with van der Waals surface area (Å²) in [5.74, 6) is 5.03. The number of nitrogens with two attached hydrogens (primary N) is 1. The van der Waals surface area contributed by atoms with E-state index in [1.54, 1.807) is 0 Å². The number of carbonyl (C=O) groups excluding carboxylic acids is 2. The van der Waals surface area contributed by atoms with E-state index in [9.17, 15) is 9.59 Å². The van der Waals surface area contributed by atoms with Crippen LogP contribution in [0.2, 0.25) is 0 Å². The lowest BCUT2D eigenvalue weighted by molar-refractivity contribution is -0.128. The van der Waals surface area contributed by atoms with Crippen molar-refractivity contribution in [2.75, 3.05) is 6.54 Å². The molecule has 10 heteroatoms. The summed E-state index contributed by atoms with van der Waals surface area (Å²) >= 11 is 1.41. The van der Waals surface area contributed by atoms with Crippen LogP contribution in [0.1, 0.15) is 24.3 Å². The average molecular weight is 411 g/mol. The number of nitrogens with one attached hydrogen (secondary N) is 1. The molecular weight excluding hydrogens is 390 g/mol. The van der Waals surface area contributed by atoms with Gasteiger partial charge in [-0.3, -0.25) is 14.6 Å². The minimum atomic E-state index is -0.448. The Hall–Kier alpha value is -3.14. The summed E-state index contributed by atoms with van der Waals surface area (Å²) in [6.45, 7) is 0.806. The van der Waals surface area contributed by atoms with Crippen molar-refractivity contribution in [1.82, 2.24) is 20.4 Å². The molecule has 2 amide bonds. The van der Waals surface area contributed by atoms with Crippen LogP contribution in [0.4, 0.5) is 0 Å². The van der Waals surface area contributed by atoms with Crippen LogP contribution in [-0.4, -0.2) is 57.5 Å². The van der Waals surface area contributed by atoms with Crippen LogP contribution in [-0.2, 0) is 16.1 Å². The summed E-state index contributed by atoms with van der Waals surface area (Å²) in [6, 6.07) is 9.93. The predicted octanol–water partition coefficient (Wildman–Crippen LogP) is 0.970. The molecule has 2 heterocycles. The fraction of sp³-hybridized carbons (Fsp3) is 0.368. The number of nitrogens with zero attached hydrogens (tertiary/aromatic N) is 5. The highest BCUT2D eigenvalue weighted by Gasteiger charge is 2.39. The summed E-state index contributed by atoms with van der Waals surface area (Å²) in [7, 11) is 0. The zero-order valence-corrected chi connectivity index (χ0v) is 16.5. The van der Waals surface area contributed by atoms with Gasteiger partial charge in [0, 0.05) is 18.2 Å². The molecule has 29 heavy (non-hydrogen) atoms. The van der Waals surface area contributed by atoms with Crippen LogP contribution in [0, 0.1) is 0 Å². The number of rotatable bonds is 7. The molecule has 1 saturated carbocycles. The molecule has 0 spiro atoms. The second-order valence-electron chi connectivity index (χ2n) is 6.98. The zero-order valence-electron chi connectivity index (χ0n) is 15.7. The predicted molar refractivity (Wildman–Crippen MR) is 110 cm³/mol. The van der Waals surface area contributed by atoms with Crippen LogP contribution < -0.4 is 11.2 Å². The highest BCUT2D eigenvalue weighted by atomic mass is 32.1. The van der Waals surface area contributed by atoms with Crippen molar-refractivity contribution in [2.24, 2.45) is 15.9 Å². The normalized spacial score (nSPS) is 19.9. The fourth-order valence-electron chi connectivity index (χ4n) is 3.15. The Morgan fingerprint density at radius 1 is 1.31 bits per heavy atom. The van der Waals surface area contributed by atoms with E-state index >= 15 is 0 Å². The highest BCUT2D eigenvalue weighted by Crippen LogP contribution is 2.31. The number of benzene rings is 1. The lowest BCUT2D eigenvalue weighted by Gasteiger charge is -2.13. The van der Waals surface area contributed by atoms with Gasteiger partial charge in [0.2, 0.25) is 5.91 Å². The van der Waals surface area contributed by atoms with Gasteiger partial charge in [0.25, 0.3) is 5.91 Å². The Balaban J connectivity index is 1.30. The first kappa shape index (κ1) is 19.2. The molecule has 1 aliphatic heterocycles. The molecule has 2 aliphatic rings. The van der Waals surface area contributed by atoms with E-state index in [1.165, 1.54) is 17.6 Å². The molecule has 3 N–H and O–H groups in total. The van der Waals surface area contributed by atoms with Crippen molar-refractivity contribution in [2.45, 2.75) is 37.9 Å². The molecule has 9 nitrogen and oxygen atoms in total. The van der Waals surface area contributed by atoms with E-state index in [0.29, 0.717) is 24.0 Å². The van der Waals surface area contributed by atoms with Crippen molar-refractivity contribution < 1.29 is 9.59 Å². The fourth-order valence-corrected chi connectivity index (χ4v) is 3.93. The van der Waals surface area contributed by atoms with Crippen molar-refractivity contribution in [3.05, 3.63) is 35.3 Å². The van der Waals surface area contributed by atoms with E-state index in [2.05, 4.69) is 25.6 Å². The maximum absolute atomic E-state index is 12.3. The molecule has 4 rings (SSSR count). The standard InChI is InChI=1S/C19H21N7O2S/c20-23-15(9-21-13-8-17(27)26(11-13)14-6-7-14)18(28)22-10-16-24-25-19(29-16)12-4-2-1-3-5-12/h1-5,9,13-14H,6-8,10-11,20H2,(H,22,28)/b21-9?,23-15+. The first-order chi connectivity index (χ1) is 14.1. The lowest BCUT2D eigenvalue weighted by atomic mass is 10.2. The summed E-state index contributed by atoms with van der Waals surface area (Å²) in [5.41, 5.74) is 0.986. The smallest absolute Gasteiger partial charge is 0.273 e. The van der Waals surface area contributed by atoms with Gasteiger partial charge in [-0.2, -0.15) is 5.10 Å². The maximum Gasteiger partial charge on any atom is 0.273 e. The van der Waals surface area contributed by atoms with Crippen LogP contribution >= 0.6 is 11.3 Å². The Bertz CT molecular complexity index is 952. The topological polar surface area (TPSA) is 126 Å². The molecule has 1 unspecified atom stereocenters. The molecule has 2 fully saturated rings. The lowest BCUT2D eigenvalue weighted by Crippen LogP contribution is -2.32. The van der Waals surface area contributed by atoms with Gasteiger partial charge in [0.05, 0.1) is 25.2 Å². The first-order valence-corrected chi connectivity index (χ1v) is 10.2. The van der Waals surface area contributed by atoms with Crippen molar-refractivity contribution >= 4 is 35.1 Å². The molecule has 1 aliphatic carbocycles. The second kappa shape index (κ2) is 8.48. The van der Waals surface area contributed by atoms with Crippen molar-refractivity contribution in [1.29, 1.82) is 0 Å². The van der Waals surface area contributed by atoms with Crippen molar-refractivity contribution in [3.8, 4) is 10.6 Å². The van der Waals surface area contributed by atoms with Crippen LogP contribution in [0.15, 0.2) is 40.4 Å². The molecule has 1 aromatic carbocycles. The van der Waals surface area contributed by atoms with Crippen LogP contribution in [0.3, 0.4) is 0 Å². The van der Waals surface area contributed by atoms with Gasteiger partial charge in [-0.15, -0.1) is 10.2 Å². The number of aliphatic imine (C=N–C) groups is 1. The number of hydrogen-bond donors (Lipinski definition) is 2. The summed E-state index contributed by atoms with van der Waals surface area (Å²) in [5, 5.41) is 16.0. The summed E-state index contributed by atoms with van der Waals surface area (Å²) < 4.78 is 0. The average Bonchev–Trinajstić information content (AvgIpc) is 3.35. The largest absolute Gasteiger partial charge is 0.344 e. The quantitative estimate of drug-likeness (QED) is 0.399.